The standard InChI is InChI=1S/C12H16N6O2/c1-7(10-17-15-6-18(10)3)4-13-12-14-5-9(11(19)20)8(2)16-12/h5-7H,4H2,1-3H3,(H,19,20)(H,13,14,16). The molecule has 0 saturated carbocycles. The van der Waals surface area contributed by atoms with E-state index >= 15 is 0 Å². The highest BCUT2D eigenvalue weighted by Gasteiger charge is 2.13. The summed E-state index contributed by atoms with van der Waals surface area (Å²) in [7, 11) is 1.88. The maximum atomic E-state index is 10.9. The Morgan fingerprint density at radius 2 is 2.30 bits per heavy atom. The molecule has 1 unspecified atom stereocenters. The largest absolute Gasteiger partial charge is 0.478 e. The van der Waals surface area contributed by atoms with Gasteiger partial charge in [-0.05, 0) is 6.92 Å². The van der Waals surface area contributed by atoms with E-state index in [0.717, 1.165) is 5.82 Å². The van der Waals surface area contributed by atoms with Gasteiger partial charge in [0, 0.05) is 25.7 Å². The minimum absolute atomic E-state index is 0.108. The first-order chi connectivity index (χ1) is 9.49. The van der Waals surface area contributed by atoms with Crippen molar-refractivity contribution in [2.45, 2.75) is 19.8 Å². The second-order valence-corrected chi connectivity index (χ2v) is 4.58. The molecule has 0 amide bonds. The number of carboxylic acid groups (broad SMARTS) is 1. The molecule has 8 nitrogen and oxygen atoms in total. The van der Waals surface area contributed by atoms with Crippen molar-refractivity contribution in [1.82, 2.24) is 24.7 Å². The van der Waals surface area contributed by atoms with Gasteiger partial charge in [0.25, 0.3) is 0 Å². The van der Waals surface area contributed by atoms with E-state index in [1.807, 2.05) is 18.5 Å². The van der Waals surface area contributed by atoms with E-state index in [1.54, 1.807) is 13.3 Å². The fourth-order valence-corrected chi connectivity index (χ4v) is 1.84. The van der Waals surface area contributed by atoms with Crippen LogP contribution in [0.1, 0.15) is 34.7 Å². The van der Waals surface area contributed by atoms with E-state index in [1.165, 1.54) is 6.20 Å². The van der Waals surface area contributed by atoms with Gasteiger partial charge in [0.05, 0.1) is 11.3 Å². The highest BCUT2D eigenvalue weighted by molar-refractivity contribution is 5.88. The van der Waals surface area contributed by atoms with E-state index in [2.05, 4.69) is 25.5 Å². The van der Waals surface area contributed by atoms with Gasteiger partial charge < -0.3 is 15.0 Å². The van der Waals surface area contributed by atoms with Gasteiger partial charge in [0.1, 0.15) is 12.2 Å². The van der Waals surface area contributed by atoms with Crippen LogP contribution < -0.4 is 5.32 Å². The first-order valence-corrected chi connectivity index (χ1v) is 6.13. The molecule has 8 heteroatoms. The smallest absolute Gasteiger partial charge is 0.339 e. The van der Waals surface area contributed by atoms with Gasteiger partial charge >= 0.3 is 5.97 Å². The van der Waals surface area contributed by atoms with Crippen LogP contribution in [0.2, 0.25) is 0 Å². The summed E-state index contributed by atoms with van der Waals surface area (Å²) in [4.78, 5) is 19.0. The minimum atomic E-state index is -1.03. The Hall–Kier alpha value is -2.51. The summed E-state index contributed by atoms with van der Waals surface area (Å²) in [6.07, 6.45) is 2.95. The van der Waals surface area contributed by atoms with Crippen molar-refractivity contribution in [3.63, 3.8) is 0 Å². The molecular formula is C12H16N6O2. The third kappa shape index (κ3) is 2.90. The van der Waals surface area contributed by atoms with Crippen LogP contribution in [-0.4, -0.2) is 42.4 Å². The average molecular weight is 276 g/mol. The van der Waals surface area contributed by atoms with Crippen molar-refractivity contribution < 1.29 is 9.90 Å². The van der Waals surface area contributed by atoms with Crippen molar-refractivity contribution >= 4 is 11.9 Å². The number of nitrogens with one attached hydrogen (secondary N) is 1. The molecule has 0 saturated heterocycles. The minimum Gasteiger partial charge on any atom is -0.478 e. The zero-order valence-electron chi connectivity index (χ0n) is 11.5. The highest BCUT2D eigenvalue weighted by atomic mass is 16.4. The number of aromatic nitrogens is 5. The third-order valence-corrected chi connectivity index (χ3v) is 2.96. The monoisotopic (exact) mass is 276 g/mol. The summed E-state index contributed by atoms with van der Waals surface area (Å²) < 4.78 is 1.85. The molecule has 20 heavy (non-hydrogen) atoms. The lowest BCUT2D eigenvalue weighted by atomic mass is 10.1. The molecule has 0 aromatic carbocycles. The molecule has 0 aliphatic heterocycles. The van der Waals surface area contributed by atoms with E-state index in [9.17, 15) is 4.79 Å². The molecule has 2 heterocycles. The van der Waals surface area contributed by atoms with Gasteiger partial charge in [-0.25, -0.2) is 14.8 Å². The molecule has 2 rings (SSSR count). The van der Waals surface area contributed by atoms with Gasteiger partial charge in [-0.3, -0.25) is 0 Å². The molecule has 0 spiro atoms. The second-order valence-electron chi connectivity index (χ2n) is 4.58. The lowest BCUT2D eigenvalue weighted by Crippen LogP contribution is -2.16. The molecule has 0 aliphatic carbocycles. The molecule has 106 valence electrons. The first-order valence-electron chi connectivity index (χ1n) is 6.13. The average Bonchev–Trinajstić information content (AvgIpc) is 2.82. The summed E-state index contributed by atoms with van der Waals surface area (Å²) in [6.45, 7) is 4.23. The number of hydrogen-bond donors (Lipinski definition) is 2. The zero-order chi connectivity index (χ0) is 14.7. The summed E-state index contributed by atoms with van der Waals surface area (Å²) in [5.41, 5.74) is 0.540. The maximum absolute atomic E-state index is 10.9. The molecule has 2 aromatic rings. The Balaban J connectivity index is 2.03. The Morgan fingerprint density at radius 1 is 1.55 bits per heavy atom. The number of rotatable bonds is 5. The number of carboxylic acids is 1. The number of aromatic carboxylic acids is 1. The lowest BCUT2D eigenvalue weighted by molar-refractivity contribution is 0.0695. The fourth-order valence-electron chi connectivity index (χ4n) is 1.84. The SMILES string of the molecule is Cc1nc(NCC(C)c2nncn2C)ncc1C(=O)O. The number of carbonyl (C=O) groups is 1. The molecular weight excluding hydrogens is 260 g/mol. The summed E-state index contributed by atoms with van der Waals surface area (Å²) in [5.74, 6) is 0.366. The van der Waals surface area contributed by atoms with E-state index in [0.29, 0.717) is 18.2 Å². The van der Waals surface area contributed by atoms with E-state index < -0.39 is 5.97 Å². The molecule has 2 aromatic heterocycles. The maximum Gasteiger partial charge on any atom is 0.339 e. The molecule has 1 atom stereocenters. The lowest BCUT2D eigenvalue weighted by Gasteiger charge is -2.12. The van der Waals surface area contributed by atoms with Gasteiger partial charge in [-0.1, -0.05) is 6.92 Å². The van der Waals surface area contributed by atoms with E-state index in [-0.39, 0.29) is 11.5 Å². The number of nitrogens with zero attached hydrogens (tertiary/aromatic N) is 5. The molecule has 2 N–H and O–H groups in total. The van der Waals surface area contributed by atoms with Crippen molar-refractivity contribution in [3.8, 4) is 0 Å². The van der Waals surface area contributed by atoms with Crippen LogP contribution in [0.3, 0.4) is 0 Å². The van der Waals surface area contributed by atoms with Crippen molar-refractivity contribution in [2.75, 3.05) is 11.9 Å². The Bertz CT molecular complexity index is 624. The van der Waals surface area contributed by atoms with Gasteiger partial charge in [0.2, 0.25) is 5.95 Å². The molecule has 0 radical (unpaired) electrons. The Labute approximate surface area is 115 Å². The topological polar surface area (TPSA) is 106 Å². The Morgan fingerprint density at radius 3 is 2.85 bits per heavy atom. The van der Waals surface area contributed by atoms with E-state index in [4.69, 9.17) is 5.11 Å². The second kappa shape index (κ2) is 5.64. The van der Waals surface area contributed by atoms with Crippen LogP contribution in [0, 0.1) is 6.92 Å². The first kappa shape index (κ1) is 13.9. The normalized spacial score (nSPS) is 12.2. The van der Waals surface area contributed by atoms with Crippen LogP contribution in [0.15, 0.2) is 12.5 Å². The summed E-state index contributed by atoms with van der Waals surface area (Å²) in [6, 6.07) is 0. The van der Waals surface area contributed by atoms with Crippen molar-refractivity contribution in [2.24, 2.45) is 7.05 Å². The quantitative estimate of drug-likeness (QED) is 0.832. The van der Waals surface area contributed by atoms with Crippen LogP contribution in [0.4, 0.5) is 5.95 Å². The predicted octanol–water partition coefficient (Wildman–Crippen LogP) is 0.827. The third-order valence-electron chi connectivity index (χ3n) is 2.96. The van der Waals surface area contributed by atoms with Crippen LogP contribution in [0.5, 0.6) is 0 Å². The molecule has 0 fully saturated rings. The summed E-state index contributed by atoms with van der Waals surface area (Å²) >= 11 is 0. The predicted molar refractivity (Wildman–Crippen MR) is 71.6 cm³/mol. The molecule has 0 bridgehead atoms. The number of aryl methyl sites for hydroxylation is 2. The van der Waals surface area contributed by atoms with Crippen LogP contribution >= 0.6 is 0 Å². The van der Waals surface area contributed by atoms with Gasteiger partial charge in [0.15, 0.2) is 0 Å². The molecule has 0 aliphatic rings. The zero-order valence-corrected chi connectivity index (χ0v) is 11.5. The summed E-state index contributed by atoms with van der Waals surface area (Å²) in [5, 5.41) is 19.9. The Kier molecular flexibility index (Phi) is 3.92. The van der Waals surface area contributed by atoms with Crippen LogP contribution in [0.25, 0.3) is 0 Å². The van der Waals surface area contributed by atoms with Gasteiger partial charge in [-0.15, -0.1) is 10.2 Å². The fraction of sp³-hybridized carbons (Fsp3) is 0.417. The number of hydrogen-bond acceptors (Lipinski definition) is 6. The van der Waals surface area contributed by atoms with Crippen LogP contribution in [-0.2, 0) is 7.05 Å². The van der Waals surface area contributed by atoms with Crippen molar-refractivity contribution in [1.29, 1.82) is 0 Å². The van der Waals surface area contributed by atoms with Crippen molar-refractivity contribution in [3.05, 3.63) is 29.6 Å². The number of anilines is 1. The van der Waals surface area contributed by atoms with Gasteiger partial charge in [-0.2, -0.15) is 0 Å². The highest BCUT2D eigenvalue weighted by Crippen LogP contribution is 2.12.